The Hall–Kier alpha value is -1.52. The summed E-state index contributed by atoms with van der Waals surface area (Å²) >= 11 is 0. The van der Waals surface area contributed by atoms with Gasteiger partial charge in [-0.05, 0) is 6.42 Å². The molecule has 0 radical (unpaired) electrons. The van der Waals surface area contributed by atoms with Gasteiger partial charge in [0, 0.05) is 13.1 Å². The Kier molecular flexibility index (Phi) is 3.97. The number of nitrogens with two attached hydrogens (primary N) is 1. The van der Waals surface area contributed by atoms with Gasteiger partial charge in [0.1, 0.15) is 5.82 Å². The summed E-state index contributed by atoms with van der Waals surface area (Å²) in [5.74, 6) is 1.42. The van der Waals surface area contributed by atoms with Crippen LogP contribution in [-0.4, -0.2) is 23.6 Å². The van der Waals surface area contributed by atoms with E-state index in [4.69, 9.17) is 10.5 Å². The van der Waals surface area contributed by atoms with Gasteiger partial charge < -0.3 is 15.8 Å². The topological polar surface area (TPSA) is 73.1 Å². The first-order valence-corrected chi connectivity index (χ1v) is 4.71. The second kappa shape index (κ2) is 5.26. The van der Waals surface area contributed by atoms with E-state index in [1.54, 1.807) is 13.1 Å². The number of nitrogens with zero attached hydrogens (tertiary/aromatic N) is 2. The van der Waals surface area contributed by atoms with Crippen LogP contribution in [0.3, 0.4) is 0 Å². The third kappa shape index (κ3) is 3.08. The Labute approximate surface area is 83.7 Å². The molecule has 0 saturated carbocycles. The molecule has 0 amide bonds. The molecular weight excluding hydrogens is 180 g/mol. The molecule has 0 fully saturated rings. The molecule has 1 heterocycles. The molecule has 5 nitrogen and oxygen atoms in total. The van der Waals surface area contributed by atoms with E-state index in [2.05, 4.69) is 22.2 Å². The van der Waals surface area contributed by atoms with E-state index in [0.717, 1.165) is 12.8 Å². The van der Waals surface area contributed by atoms with Gasteiger partial charge >= 0.3 is 0 Å². The predicted molar refractivity (Wildman–Crippen MR) is 56.4 cm³/mol. The lowest BCUT2D eigenvalue weighted by Crippen LogP contribution is -2.04. The second-order valence-corrected chi connectivity index (χ2v) is 2.90. The number of rotatable bonds is 5. The number of hydrogen-bond acceptors (Lipinski definition) is 5. The molecule has 0 atom stereocenters. The van der Waals surface area contributed by atoms with Crippen molar-refractivity contribution >= 4 is 11.8 Å². The summed E-state index contributed by atoms with van der Waals surface area (Å²) in [6.07, 6.45) is 2.11. The second-order valence-electron chi connectivity index (χ2n) is 2.90. The molecule has 78 valence electrons. The number of nitrogen functional groups attached to an aromatic ring is 1. The molecule has 0 aliphatic carbocycles. The molecule has 1 aromatic rings. The Morgan fingerprint density at radius 2 is 2.29 bits per heavy atom. The number of anilines is 2. The fourth-order valence-corrected chi connectivity index (χ4v) is 0.966. The summed E-state index contributed by atoms with van der Waals surface area (Å²) in [6, 6.07) is 1.73. The highest BCUT2D eigenvalue weighted by molar-refractivity contribution is 5.41. The number of aromatic nitrogens is 2. The van der Waals surface area contributed by atoms with Gasteiger partial charge in [-0.1, -0.05) is 13.3 Å². The van der Waals surface area contributed by atoms with Crippen LogP contribution in [0.15, 0.2) is 6.07 Å². The van der Waals surface area contributed by atoms with E-state index in [9.17, 15) is 0 Å². The lowest BCUT2D eigenvalue weighted by atomic mass is 10.4. The van der Waals surface area contributed by atoms with Crippen LogP contribution >= 0.6 is 0 Å². The zero-order valence-electron chi connectivity index (χ0n) is 8.58. The zero-order valence-corrected chi connectivity index (χ0v) is 8.58. The molecule has 1 rings (SSSR count). The fraction of sp³-hybridized carbons (Fsp3) is 0.556. The lowest BCUT2D eigenvalue weighted by molar-refractivity contribution is 0.298. The highest BCUT2D eigenvalue weighted by Gasteiger charge is 2.01. The molecular formula is C9H16N4O. The maximum absolute atomic E-state index is 5.50. The first-order chi connectivity index (χ1) is 6.76. The Balaban J connectivity index is 2.62. The number of unbranched alkanes of at least 4 members (excludes halogenated alkanes) is 1. The number of nitrogens with one attached hydrogen (secondary N) is 1. The minimum absolute atomic E-state index is 0.225. The summed E-state index contributed by atoms with van der Waals surface area (Å²) in [4.78, 5) is 7.91. The van der Waals surface area contributed by atoms with Crippen LogP contribution in [-0.2, 0) is 0 Å². The minimum atomic E-state index is 0.225. The summed E-state index contributed by atoms with van der Waals surface area (Å²) in [5.41, 5.74) is 5.50. The summed E-state index contributed by atoms with van der Waals surface area (Å²) < 4.78 is 5.40. The van der Waals surface area contributed by atoms with Crippen molar-refractivity contribution in [1.82, 2.24) is 9.97 Å². The molecule has 0 aliphatic rings. The predicted octanol–water partition coefficient (Wildman–Crippen LogP) is 1.28. The van der Waals surface area contributed by atoms with Crippen molar-refractivity contribution in [3.63, 3.8) is 0 Å². The number of ether oxygens (including phenoxy) is 1. The highest BCUT2D eigenvalue weighted by atomic mass is 16.5. The molecule has 0 spiro atoms. The van der Waals surface area contributed by atoms with Crippen LogP contribution in [0.2, 0.25) is 0 Å². The quantitative estimate of drug-likeness (QED) is 0.694. The van der Waals surface area contributed by atoms with Crippen molar-refractivity contribution in [1.29, 1.82) is 0 Å². The van der Waals surface area contributed by atoms with Gasteiger partial charge in [-0.15, -0.1) is 0 Å². The van der Waals surface area contributed by atoms with Gasteiger partial charge in [-0.2, -0.15) is 9.97 Å². The van der Waals surface area contributed by atoms with Gasteiger partial charge in [-0.3, -0.25) is 0 Å². The molecule has 0 saturated heterocycles. The molecule has 3 N–H and O–H groups in total. The molecule has 0 aromatic carbocycles. The van der Waals surface area contributed by atoms with Gasteiger partial charge in [0.25, 0.3) is 0 Å². The van der Waals surface area contributed by atoms with Gasteiger partial charge in [0.15, 0.2) is 0 Å². The fourth-order valence-electron chi connectivity index (χ4n) is 0.966. The van der Waals surface area contributed by atoms with Crippen molar-refractivity contribution in [2.24, 2.45) is 0 Å². The maximum atomic E-state index is 5.50. The Morgan fingerprint density at radius 1 is 1.50 bits per heavy atom. The van der Waals surface area contributed by atoms with Crippen molar-refractivity contribution in [3.05, 3.63) is 6.07 Å². The maximum Gasteiger partial charge on any atom is 0.225 e. The van der Waals surface area contributed by atoms with Gasteiger partial charge in [0.05, 0.1) is 6.61 Å². The normalized spacial score (nSPS) is 9.86. The van der Waals surface area contributed by atoms with Crippen molar-refractivity contribution in [2.45, 2.75) is 19.8 Å². The number of hydrogen-bond donors (Lipinski definition) is 2. The van der Waals surface area contributed by atoms with Crippen LogP contribution in [0.5, 0.6) is 5.88 Å². The Morgan fingerprint density at radius 3 is 2.93 bits per heavy atom. The van der Waals surface area contributed by atoms with E-state index in [1.807, 2.05) is 0 Å². The van der Waals surface area contributed by atoms with Gasteiger partial charge in [0.2, 0.25) is 11.8 Å². The molecule has 5 heteroatoms. The molecule has 0 bridgehead atoms. The molecule has 14 heavy (non-hydrogen) atoms. The van der Waals surface area contributed by atoms with Crippen molar-refractivity contribution < 1.29 is 4.74 Å². The van der Waals surface area contributed by atoms with E-state index < -0.39 is 0 Å². The third-order valence-electron chi connectivity index (χ3n) is 1.72. The van der Waals surface area contributed by atoms with E-state index in [1.165, 1.54) is 0 Å². The van der Waals surface area contributed by atoms with Crippen molar-refractivity contribution in [2.75, 3.05) is 24.7 Å². The average molecular weight is 196 g/mol. The van der Waals surface area contributed by atoms with Crippen LogP contribution in [0.1, 0.15) is 19.8 Å². The average Bonchev–Trinajstić information content (AvgIpc) is 2.17. The van der Waals surface area contributed by atoms with Crippen LogP contribution in [0.25, 0.3) is 0 Å². The monoisotopic (exact) mass is 196 g/mol. The van der Waals surface area contributed by atoms with Crippen molar-refractivity contribution in [3.8, 4) is 5.88 Å². The molecule has 1 aromatic heterocycles. The highest BCUT2D eigenvalue weighted by Crippen LogP contribution is 2.14. The lowest BCUT2D eigenvalue weighted by Gasteiger charge is -2.06. The van der Waals surface area contributed by atoms with Crippen LogP contribution < -0.4 is 15.8 Å². The largest absolute Gasteiger partial charge is 0.477 e. The van der Waals surface area contributed by atoms with Crippen LogP contribution in [0, 0.1) is 0 Å². The minimum Gasteiger partial charge on any atom is -0.477 e. The first-order valence-electron chi connectivity index (χ1n) is 4.71. The smallest absolute Gasteiger partial charge is 0.225 e. The van der Waals surface area contributed by atoms with E-state index in [-0.39, 0.29) is 5.95 Å². The summed E-state index contributed by atoms with van der Waals surface area (Å²) in [5, 5.41) is 2.89. The van der Waals surface area contributed by atoms with E-state index in [0.29, 0.717) is 18.3 Å². The van der Waals surface area contributed by atoms with E-state index >= 15 is 0 Å². The third-order valence-corrected chi connectivity index (χ3v) is 1.72. The SMILES string of the molecule is CCCCOc1cc(NC)nc(N)n1. The molecule has 0 unspecified atom stereocenters. The van der Waals surface area contributed by atoms with Gasteiger partial charge in [-0.25, -0.2) is 0 Å². The zero-order chi connectivity index (χ0) is 10.4. The van der Waals surface area contributed by atoms with Crippen LogP contribution in [0.4, 0.5) is 11.8 Å². The Bertz CT molecular complexity index is 290. The standard InChI is InChI=1S/C9H16N4O/c1-3-4-5-14-8-6-7(11-2)12-9(10)13-8/h6H,3-5H2,1-2H3,(H3,10,11,12,13). The summed E-state index contributed by atoms with van der Waals surface area (Å²) in [6.45, 7) is 2.77. The first kappa shape index (κ1) is 10.6. The summed E-state index contributed by atoms with van der Waals surface area (Å²) in [7, 11) is 1.78. The molecule has 0 aliphatic heterocycles.